The summed E-state index contributed by atoms with van der Waals surface area (Å²) in [5.74, 6) is 1.39. The Morgan fingerprint density at radius 3 is 2.09 bits per heavy atom. The van der Waals surface area contributed by atoms with E-state index in [1.54, 1.807) is 56.5 Å². The Morgan fingerprint density at radius 1 is 0.788 bits per heavy atom. The molecule has 33 heavy (non-hydrogen) atoms. The van der Waals surface area contributed by atoms with E-state index in [2.05, 4.69) is 5.32 Å². The second-order valence-corrected chi connectivity index (χ2v) is 6.97. The van der Waals surface area contributed by atoms with E-state index < -0.39 is 5.97 Å². The SMILES string of the molecule is CCOC(=O)c1ccc(NC(=O)c2ccc(OCC)c(COc3ccc(OC)cc3)c2)cc1. The van der Waals surface area contributed by atoms with Crippen molar-refractivity contribution in [3.8, 4) is 17.2 Å². The van der Waals surface area contributed by atoms with Crippen LogP contribution in [0.5, 0.6) is 17.2 Å². The number of hydrogen-bond acceptors (Lipinski definition) is 6. The van der Waals surface area contributed by atoms with Gasteiger partial charge in [0.05, 0.1) is 25.9 Å². The summed E-state index contributed by atoms with van der Waals surface area (Å²) in [6.45, 7) is 4.68. The topological polar surface area (TPSA) is 83.1 Å². The number of anilines is 1. The fourth-order valence-corrected chi connectivity index (χ4v) is 3.07. The number of methoxy groups -OCH3 is 1. The van der Waals surface area contributed by atoms with E-state index in [1.807, 2.05) is 31.2 Å². The van der Waals surface area contributed by atoms with Gasteiger partial charge < -0.3 is 24.3 Å². The summed E-state index contributed by atoms with van der Waals surface area (Å²) in [7, 11) is 1.61. The number of esters is 1. The molecule has 3 aromatic rings. The van der Waals surface area contributed by atoms with Crippen molar-refractivity contribution >= 4 is 17.6 Å². The van der Waals surface area contributed by atoms with Crippen LogP contribution in [0, 0.1) is 0 Å². The largest absolute Gasteiger partial charge is 0.497 e. The number of hydrogen-bond donors (Lipinski definition) is 1. The Balaban J connectivity index is 1.71. The molecule has 172 valence electrons. The lowest BCUT2D eigenvalue weighted by molar-refractivity contribution is 0.0526. The van der Waals surface area contributed by atoms with Gasteiger partial charge in [0.15, 0.2) is 0 Å². The fraction of sp³-hybridized carbons (Fsp3) is 0.231. The molecule has 0 aromatic heterocycles. The van der Waals surface area contributed by atoms with Crippen molar-refractivity contribution in [2.75, 3.05) is 25.6 Å². The molecule has 3 aromatic carbocycles. The lowest BCUT2D eigenvalue weighted by atomic mass is 10.1. The minimum Gasteiger partial charge on any atom is -0.497 e. The summed E-state index contributed by atoms with van der Waals surface area (Å²) in [5, 5.41) is 2.83. The van der Waals surface area contributed by atoms with E-state index in [9.17, 15) is 9.59 Å². The molecule has 0 aliphatic rings. The maximum absolute atomic E-state index is 12.8. The third-order valence-corrected chi connectivity index (χ3v) is 4.73. The van der Waals surface area contributed by atoms with E-state index >= 15 is 0 Å². The highest BCUT2D eigenvalue weighted by molar-refractivity contribution is 6.04. The minimum atomic E-state index is -0.400. The molecule has 0 radical (unpaired) electrons. The number of benzene rings is 3. The van der Waals surface area contributed by atoms with E-state index in [4.69, 9.17) is 18.9 Å². The van der Waals surface area contributed by atoms with Gasteiger partial charge in [-0.15, -0.1) is 0 Å². The highest BCUT2D eigenvalue weighted by atomic mass is 16.5. The normalized spacial score (nSPS) is 10.3. The van der Waals surface area contributed by atoms with Crippen LogP contribution in [-0.4, -0.2) is 32.2 Å². The number of carbonyl (C=O) groups is 2. The van der Waals surface area contributed by atoms with E-state index in [0.717, 1.165) is 11.3 Å². The molecule has 0 aliphatic carbocycles. The van der Waals surface area contributed by atoms with Crippen molar-refractivity contribution in [1.82, 2.24) is 0 Å². The monoisotopic (exact) mass is 449 g/mol. The molecule has 0 bridgehead atoms. The third-order valence-electron chi connectivity index (χ3n) is 4.73. The van der Waals surface area contributed by atoms with Crippen molar-refractivity contribution < 1.29 is 28.5 Å². The molecule has 3 rings (SSSR count). The van der Waals surface area contributed by atoms with Crippen molar-refractivity contribution in [2.45, 2.75) is 20.5 Å². The molecule has 0 atom stereocenters. The Bertz CT molecular complexity index is 1080. The molecule has 7 heteroatoms. The van der Waals surface area contributed by atoms with Gasteiger partial charge in [-0.2, -0.15) is 0 Å². The predicted molar refractivity (Wildman–Crippen MR) is 125 cm³/mol. The quantitative estimate of drug-likeness (QED) is 0.434. The number of amides is 1. The first-order valence-corrected chi connectivity index (χ1v) is 10.6. The number of carbonyl (C=O) groups excluding carboxylic acids is 2. The minimum absolute atomic E-state index is 0.233. The molecule has 0 unspecified atom stereocenters. The summed E-state index contributed by atoms with van der Waals surface area (Å²) in [6.07, 6.45) is 0. The van der Waals surface area contributed by atoms with Gasteiger partial charge in [-0.05, 0) is 80.6 Å². The summed E-state index contributed by atoms with van der Waals surface area (Å²) >= 11 is 0. The smallest absolute Gasteiger partial charge is 0.338 e. The molecular formula is C26H27NO6. The standard InChI is InChI=1S/C26H27NO6/c1-4-31-24-15-8-19(16-20(24)17-33-23-13-11-22(30-3)12-14-23)25(28)27-21-9-6-18(7-10-21)26(29)32-5-2/h6-16H,4-5,17H2,1-3H3,(H,27,28). The van der Waals surface area contributed by atoms with Gasteiger partial charge in [0.25, 0.3) is 5.91 Å². The van der Waals surface area contributed by atoms with Crippen molar-refractivity contribution in [1.29, 1.82) is 0 Å². The first kappa shape index (κ1) is 23.7. The average molecular weight is 450 g/mol. The maximum atomic E-state index is 12.8. The molecule has 0 aliphatic heterocycles. The van der Waals surface area contributed by atoms with Crippen LogP contribution in [0.25, 0.3) is 0 Å². The first-order valence-electron chi connectivity index (χ1n) is 10.6. The van der Waals surface area contributed by atoms with Crippen LogP contribution in [0.1, 0.15) is 40.1 Å². The zero-order valence-corrected chi connectivity index (χ0v) is 18.9. The van der Waals surface area contributed by atoms with Crippen LogP contribution in [0.15, 0.2) is 66.7 Å². The summed E-state index contributed by atoms with van der Waals surface area (Å²) in [6, 6.07) is 19.0. The Hall–Kier alpha value is -4.00. The van der Waals surface area contributed by atoms with Gasteiger partial charge >= 0.3 is 5.97 Å². The molecule has 0 fully saturated rings. The third kappa shape index (κ3) is 6.49. The van der Waals surface area contributed by atoms with Crippen LogP contribution >= 0.6 is 0 Å². The van der Waals surface area contributed by atoms with Crippen LogP contribution in [0.3, 0.4) is 0 Å². The van der Waals surface area contributed by atoms with Gasteiger partial charge in [-0.1, -0.05) is 0 Å². The Kier molecular flexibility index (Phi) is 8.30. The van der Waals surface area contributed by atoms with Gasteiger partial charge in [0.2, 0.25) is 0 Å². The zero-order chi connectivity index (χ0) is 23.6. The van der Waals surface area contributed by atoms with E-state index in [0.29, 0.717) is 41.5 Å². The maximum Gasteiger partial charge on any atom is 0.338 e. The van der Waals surface area contributed by atoms with E-state index in [-0.39, 0.29) is 12.5 Å². The summed E-state index contributed by atoms with van der Waals surface area (Å²) in [5.41, 5.74) is 2.20. The molecule has 0 saturated carbocycles. The van der Waals surface area contributed by atoms with E-state index in [1.165, 1.54) is 0 Å². The molecular weight excluding hydrogens is 422 g/mol. The summed E-state index contributed by atoms with van der Waals surface area (Å²) < 4.78 is 21.7. The lowest BCUT2D eigenvalue weighted by Crippen LogP contribution is -2.13. The van der Waals surface area contributed by atoms with Crippen LogP contribution in [0.4, 0.5) is 5.69 Å². The fourth-order valence-electron chi connectivity index (χ4n) is 3.07. The highest BCUT2D eigenvalue weighted by Crippen LogP contribution is 2.24. The average Bonchev–Trinajstić information content (AvgIpc) is 2.84. The zero-order valence-electron chi connectivity index (χ0n) is 18.9. The molecule has 0 heterocycles. The van der Waals surface area contributed by atoms with Crippen molar-refractivity contribution in [2.24, 2.45) is 0 Å². The lowest BCUT2D eigenvalue weighted by Gasteiger charge is -2.14. The van der Waals surface area contributed by atoms with Gasteiger partial charge in [-0.25, -0.2) is 4.79 Å². The van der Waals surface area contributed by atoms with Crippen LogP contribution in [0.2, 0.25) is 0 Å². The molecule has 0 spiro atoms. The predicted octanol–water partition coefficient (Wildman–Crippen LogP) is 5.10. The molecule has 0 saturated heterocycles. The highest BCUT2D eigenvalue weighted by Gasteiger charge is 2.13. The van der Waals surface area contributed by atoms with Gasteiger partial charge in [-0.3, -0.25) is 4.79 Å². The number of ether oxygens (including phenoxy) is 4. The Morgan fingerprint density at radius 2 is 1.45 bits per heavy atom. The van der Waals surface area contributed by atoms with Crippen molar-refractivity contribution in [3.05, 3.63) is 83.4 Å². The summed E-state index contributed by atoms with van der Waals surface area (Å²) in [4.78, 5) is 24.6. The second-order valence-electron chi connectivity index (χ2n) is 6.97. The molecule has 1 amide bonds. The van der Waals surface area contributed by atoms with Crippen LogP contribution in [-0.2, 0) is 11.3 Å². The van der Waals surface area contributed by atoms with Gasteiger partial charge in [0.1, 0.15) is 23.9 Å². The number of rotatable bonds is 10. The van der Waals surface area contributed by atoms with Gasteiger partial charge in [0, 0.05) is 16.8 Å². The second kappa shape index (κ2) is 11.6. The van der Waals surface area contributed by atoms with Crippen LogP contribution < -0.4 is 19.5 Å². The molecule has 7 nitrogen and oxygen atoms in total. The molecule has 1 N–H and O–H groups in total. The Labute approximate surface area is 193 Å². The van der Waals surface area contributed by atoms with Crippen molar-refractivity contribution in [3.63, 3.8) is 0 Å². The number of nitrogens with one attached hydrogen (secondary N) is 1. The first-order chi connectivity index (χ1) is 16.0.